The van der Waals surface area contributed by atoms with E-state index in [1.807, 2.05) is 20.8 Å². The van der Waals surface area contributed by atoms with Gasteiger partial charge in [0.05, 0.1) is 17.4 Å². The third-order valence-corrected chi connectivity index (χ3v) is 6.90. The number of carbonyl (C=O) groups is 4. The number of benzene rings is 1. The van der Waals surface area contributed by atoms with Crippen molar-refractivity contribution in [3.63, 3.8) is 0 Å². The van der Waals surface area contributed by atoms with Crippen molar-refractivity contribution in [2.75, 3.05) is 6.61 Å². The van der Waals surface area contributed by atoms with E-state index in [9.17, 15) is 24.3 Å². The van der Waals surface area contributed by atoms with Gasteiger partial charge in [0.25, 0.3) is 0 Å². The molecule has 0 spiro atoms. The third-order valence-electron chi connectivity index (χ3n) is 6.90. The summed E-state index contributed by atoms with van der Waals surface area (Å²) in [4.78, 5) is 49.7. The quantitative estimate of drug-likeness (QED) is 0.164. The Labute approximate surface area is 231 Å². The standard InChI is InChI=1S/C29H45NO9/c1-9-12-15-36-26(35)37-19(4)17-29(30,23(31)32)18-20-13-14-21(38-24(33)27(5,6)10-2)22(16-20)39-25(34)28(7,8)11-3/h13-14,16,19H,9-12,15,17-18,30H2,1-8H3,(H,31,32)/t19-,29?/m0/s1. The van der Waals surface area contributed by atoms with Crippen LogP contribution in [0.15, 0.2) is 18.2 Å². The lowest BCUT2D eigenvalue weighted by Crippen LogP contribution is -2.52. The van der Waals surface area contributed by atoms with Crippen molar-refractivity contribution in [1.29, 1.82) is 0 Å². The molecule has 1 rings (SSSR count). The van der Waals surface area contributed by atoms with Gasteiger partial charge in [-0.2, -0.15) is 0 Å². The first-order valence-electron chi connectivity index (χ1n) is 13.4. The molecule has 0 heterocycles. The fourth-order valence-electron chi connectivity index (χ4n) is 3.24. The van der Waals surface area contributed by atoms with Crippen LogP contribution in [0, 0.1) is 10.8 Å². The van der Waals surface area contributed by atoms with Crippen LogP contribution in [0.5, 0.6) is 11.5 Å². The number of carbonyl (C=O) groups excluding carboxylic acids is 3. The Kier molecular flexibility index (Phi) is 12.4. The third kappa shape index (κ3) is 10.2. The second-order valence-electron chi connectivity index (χ2n) is 11.3. The largest absolute Gasteiger partial charge is 0.508 e. The van der Waals surface area contributed by atoms with E-state index in [2.05, 4.69) is 0 Å². The molecular weight excluding hydrogens is 506 g/mol. The zero-order chi connectivity index (χ0) is 30.0. The normalized spacial score (nSPS) is 14.1. The summed E-state index contributed by atoms with van der Waals surface area (Å²) < 4.78 is 21.4. The Balaban J connectivity index is 3.26. The SMILES string of the molecule is CCCCOC(=O)O[C@@H](C)CC(N)(Cc1ccc(OC(=O)C(C)(C)CC)c(OC(=O)C(C)(C)CC)c1)C(=O)O. The highest BCUT2D eigenvalue weighted by atomic mass is 16.7. The van der Waals surface area contributed by atoms with Gasteiger partial charge < -0.3 is 29.8 Å². The number of ether oxygens (including phenoxy) is 4. The molecule has 39 heavy (non-hydrogen) atoms. The Morgan fingerprint density at radius 2 is 1.46 bits per heavy atom. The lowest BCUT2D eigenvalue weighted by Gasteiger charge is -2.28. The molecule has 0 aromatic heterocycles. The molecule has 0 saturated carbocycles. The van der Waals surface area contributed by atoms with Gasteiger partial charge in [-0.1, -0.05) is 33.3 Å². The minimum Gasteiger partial charge on any atom is -0.480 e. The van der Waals surface area contributed by atoms with Crippen LogP contribution < -0.4 is 15.2 Å². The van der Waals surface area contributed by atoms with Gasteiger partial charge in [0.15, 0.2) is 11.5 Å². The van der Waals surface area contributed by atoms with Crippen LogP contribution in [0.1, 0.15) is 93.1 Å². The summed E-state index contributed by atoms with van der Waals surface area (Å²) in [5, 5.41) is 9.94. The van der Waals surface area contributed by atoms with Gasteiger partial charge in [-0.05, 0) is 71.6 Å². The number of hydrogen-bond donors (Lipinski definition) is 2. The zero-order valence-corrected chi connectivity index (χ0v) is 24.5. The predicted octanol–water partition coefficient (Wildman–Crippen LogP) is 5.43. The molecule has 0 amide bonds. The van der Waals surface area contributed by atoms with Crippen molar-refractivity contribution >= 4 is 24.1 Å². The Bertz CT molecular complexity index is 1020. The summed E-state index contributed by atoms with van der Waals surface area (Å²) in [6.07, 6.45) is 0.438. The molecule has 10 nitrogen and oxygen atoms in total. The second kappa shape index (κ2) is 14.3. The molecule has 1 unspecified atom stereocenters. The van der Waals surface area contributed by atoms with Crippen molar-refractivity contribution in [2.45, 2.75) is 106 Å². The molecule has 0 aliphatic heterocycles. The first-order valence-corrected chi connectivity index (χ1v) is 13.4. The molecule has 0 bridgehead atoms. The predicted molar refractivity (Wildman–Crippen MR) is 146 cm³/mol. The summed E-state index contributed by atoms with van der Waals surface area (Å²) >= 11 is 0. The van der Waals surface area contributed by atoms with E-state index in [1.165, 1.54) is 19.1 Å². The van der Waals surface area contributed by atoms with Gasteiger partial charge in [0.1, 0.15) is 11.6 Å². The summed E-state index contributed by atoms with van der Waals surface area (Å²) in [6, 6.07) is 4.45. The molecule has 0 fully saturated rings. The minimum atomic E-state index is -1.82. The zero-order valence-electron chi connectivity index (χ0n) is 24.5. The summed E-state index contributed by atoms with van der Waals surface area (Å²) in [6.45, 7) is 14.3. The lowest BCUT2D eigenvalue weighted by molar-refractivity contribution is -0.147. The van der Waals surface area contributed by atoms with E-state index >= 15 is 0 Å². The van der Waals surface area contributed by atoms with E-state index in [0.717, 1.165) is 6.42 Å². The molecule has 3 N–H and O–H groups in total. The van der Waals surface area contributed by atoms with Gasteiger partial charge >= 0.3 is 24.1 Å². The number of esters is 2. The van der Waals surface area contributed by atoms with Crippen LogP contribution in [0.2, 0.25) is 0 Å². The maximum absolute atomic E-state index is 12.9. The topological polar surface area (TPSA) is 151 Å². The van der Waals surface area contributed by atoms with Gasteiger partial charge in [0, 0.05) is 12.8 Å². The maximum Gasteiger partial charge on any atom is 0.508 e. The molecule has 0 aliphatic rings. The fourth-order valence-corrected chi connectivity index (χ4v) is 3.24. The highest BCUT2D eigenvalue weighted by Crippen LogP contribution is 2.35. The van der Waals surface area contributed by atoms with Crippen molar-refractivity contribution in [3.8, 4) is 11.5 Å². The first kappa shape index (κ1) is 33.9. The number of hydrogen-bond acceptors (Lipinski definition) is 9. The second-order valence-corrected chi connectivity index (χ2v) is 11.3. The number of carboxylic acids is 1. The van der Waals surface area contributed by atoms with Gasteiger partial charge in [-0.15, -0.1) is 0 Å². The first-order chi connectivity index (χ1) is 18.0. The van der Waals surface area contributed by atoms with Crippen molar-refractivity contribution in [2.24, 2.45) is 16.6 Å². The number of rotatable bonds is 15. The molecule has 0 saturated heterocycles. The van der Waals surface area contributed by atoms with Gasteiger partial charge in [-0.3, -0.25) is 14.4 Å². The van der Waals surface area contributed by atoms with E-state index in [-0.39, 0.29) is 30.9 Å². The molecule has 2 atom stereocenters. The lowest BCUT2D eigenvalue weighted by atomic mass is 9.86. The van der Waals surface area contributed by atoms with E-state index in [1.54, 1.807) is 33.8 Å². The van der Waals surface area contributed by atoms with Crippen molar-refractivity contribution < 1.29 is 43.2 Å². The summed E-state index contributed by atoms with van der Waals surface area (Å²) in [5.74, 6) is -2.32. The Morgan fingerprint density at radius 3 is 1.95 bits per heavy atom. The minimum absolute atomic E-state index is 0.0178. The molecule has 220 valence electrons. The van der Waals surface area contributed by atoms with Crippen molar-refractivity contribution in [3.05, 3.63) is 23.8 Å². The van der Waals surface area contributed by atoms with Crippen LogP contribution >= 0.6 is 0 Å². The molecular formula is C29H45NO9. The molecule has 10 heteroatoms. The maximum atomic E-state index is 12.9. The molecule has 1 aromatic rings. The monoisotopic (exact) mass is 551 g/mol. The average Bonchev–Trinajstić information content (AvgIpc) is 2.85. The fraction of sp³-hybridized carbons (Fsp3) is 0.655. The van der Waals surface area contributed by atoms with Gasteiger partial charge in [0.2, 0.25) is 0 Å². The van der Waals surface area contributed by atoms with Crippen LogP contribution in [0.25, 0.3) is 0 Å². The van der Waals surface area contributed by atoms with Crippen LogP contribution in [-0.2, 0) is 30.3 Å². The highest BCUT2D eigenvalue weighted by Gasteiger charge is 2.38. The van der Waals surface area contributed by atoms with Crippen LogP contribution in [0.3, 0.4) is 0 Å². The highest BCUT2D eigenvalue weighted by molar-refractivity contribution is 5.82. The summed E-state index contributed by atoms with van der Waals surface area (Å²) in [5.41, 5.74) is 3.30. The van der Waals surface area contributed by atoms with E-state index in [0.29, 0.717) is 24.8 Å². The molecule has 0 aliphatic carbocycles. The van der Waals surface area contributed by atoms with Crippen LogP contribution in [-0.4, -0.2) is 47.4 Å². The number of unbranched alkanes of at least 4 members (excludes halogenated alkanes) is 1. The summed E-state index contributed by atoms with van der Waals surface area (Å²) in [7, 11) is 0. The number of carboxylic acid groups (broad SMARTS) is 1. The van der Waals surface area contributed by atoms with Crippen LogP contribution in [0.4, 0.5) is 4.79 Å². The Morgan fingerprint density at radius 1 is 0.923 bits per heavy atom. The average molecular weight is 552 g/mol. The van der Waals surface area contributed by atoms with Gasteiger partial charge in [-0.25, -0.2) is 4.79 Å². The smallest absolute Gasteiger partial charge is 0.480 e. The Hall–Kier alpha value is -3.14. The number of nitrogens with two attached hydrogens (primary N) is 1. The van der Waals surface area contributed by atoms with E-state index < -0.39 is 46.5 Å². The van der Waals surface area contributed by atoms with E-state index in [4.69, 9.17) is 24.7 Å². The number of aliphatic carboxylic acids is 1. The van der Waals surface area contributed by atoms with Crippen molar-refractivity contribution in [1.82, 2.24) is 0 Å². The molecule has 1 aromatic carbocycles. The molecule has 0 radical (unpaired) electrons.